The van der Waals surface area contributed by atoms with E-state index in [9.17, 15) is 9.18 Å². The van der Waals surface area contributed by atoms with Gasteiger partial charge in [-0.2, -0.15) is 0 Å². The van der Waals surface area contributed by atoms with Crippen molar-refractivity contribution in [1.29, 1.82) is 0 Å². The van der Waals surface area contributed by atoms with E-state index >= 15 is 0 Å². The van der Waals surface area contributed by atoms with E-state index in [2.05, 4.69) is 0 Å². The zero-order chi connectivity index (χ0) is 11.3. The molecule has 84 valence electrons. The van der Waals surface area contributed by atoms with E-state index in [1.807, 2.05) is 11.0 Å². The predicted molar refractivity (Wildman–Crippen MR) is 57.0 cm³/mol. The Bertz CT molecular complexity index is 460. The Balaban J connectivity index is 2.00. The fraction of sp³-hybridized carbons (Fsp3) is 0.417. The maximum absolute atomic E-state index is 13.6. The number of aliphatic carboxylic acids is 1. The van der Waals surface area contributed by atoms with Crippen molar-refractivity contribution in [2.24, 2.45) is 5.92 Å². The second-order valence-corrected chi connectivity index (χ2v) is 4.44. The molecule has 3 nitrogen and oxygen atoms in total. The molecule has 3 rings (SSSR count). The summed E-state index contributed by atoms with van der Waals surface area (Å²) < 4.78 is 13.6. The molecule has 16 heavy (non-hydrogen) atoms. The summed E-state index contributed by atoms with van der Waals surface area (Å²) in [7, 11) is 0. The summed E-state index contributed by atoms with van der Waals surface area (Å²) in [6, 6.07) is 4.95. The molecule has 4 heteroatoms. The van der Waals surface area contributed by atoms with Gasteiger partial charge in [-0.15, -0.1) is 0 Å². The maximum Gasteiger partial charge on any atom is 0.308 e. The van der Waals surface area contributed by atoms with Gasteiger partial charge in [-0.05, 0) is 25.0 Å². The van der Waals surface area contributed by atoms with Crippen molar-refractivity contribution in [3.8, 4) is 0 Å². The van der Waals surface area contributed by atoms with Crippen LogP contribution in [0.15, 0.2) is 18.2 Å². The number of anilines is 1. The highest BCUT2D eigenvalue weighted by Gasteiger charge is 2.44. The lowest BCUT2D eigenvalue weighted by atomic mass is 9.97. The number of halogens is 1. The van der Waals surface area contributed by atoms with Gasteiger partial charge in [0.25, 0.3) is 0 Å². The summed E-state index contributed by atoms with van der Waals surface area (Å²) in [5.41, 5.74) is 1.56. The number of hydrogen-bond donors (Lipinski definition) is 1. The summed E-state index contributed by atoms with van der Waals surface area (Å²) in [4.78, 5) is 13.1. The van der Waals surface area contributed by atoms with E-state index in [-0.39, 0.29) is 17.8 Å². The van der Waals surface area contributed by atoms with Crippen LogP contribution in [0.4, 0.5) is 10.1 Å². The maximum atomic E-state index is 13.6. The standard InChI is InChI=1S/C12H12FNO2/c13-9-2-1-3-10-8(9)6-11-7(12(15)16)4-5-14(10)11/h1-3,7,11H,4-6H2,(H,15,16). The van der Waals surface area contributed by atoms with Gasteiger partial charge in [-0.25, -0.2) is 4.39 Å². The Morgan fingerprint density at radius 1 is 1.50 bits per heavy atom. The van der Waals surface area contributed by atoms with Crippen molar-refractivity contribution in [1.82, 2.24) is 0 Å². The van der Waals surface area contributed by atoms with E-state index < -0.39 is 5.97 Å². The average molecular weight is 221 g/mol. The number of benzene rings is 1. The first-order valence-corrected chi connectivity index (χ1v) is 5.45. The van der Waals surface area contributed by atoms with Gasteiger partial charge in [0.2, 0.25) is 0 Å². The van der Waals surface area contributed by atoms with Gasteiger partial charge < -0.3 is 10.0 Å². The van der Waals surface area contributed by atoms with Gasteiger partial charge in [-0.1, -0.05) is 6.07 Å². The number of fused-ring (bicyclic) bond motifs is 3. The molecule has 0 saturated carbocycles. The Morgan fingerprint density at radius 2 is 2.31 bits per heavy atom. The van der Waals surface area contributed by atoms with E-state index in [0.717, 1.165) is 12.2 Å². The summed E-state index contributed by atoms with van der Waals surface area (Å²) >= 11 is 0. The first-order chi connectivity index (χ1) is 7.68. The molecule has 2 atom stereocenters. The lowest BCUT2D eigenvalue weighted by Crippen LogP contribution is -2.32. The van der Waals surface area contributed by atoms with Gasteiger partial charge in [-0.3, -0.25) is 4.79 Å². The number of hydrogen-bond acceptors (Lipinski definition) is 2. The molecule has 0 amide bonds. The first kappa shape index (κ1) is 9.63. The Labute approximate surface area is 92.5 Å². The smallest absolute Gasteiger partial charge is 0.308 e. The molecule has 0 aliphatic carbocycles. The van der Waals surface area contributed by atoms with Crippen LogP contribution in [0, 0.1) is 11.7 Å². The minimum Gasteiger partial charge on any atom is -0.481 e. The number of nitrogens with zero attached hydrogens (tertiary/aromatic N) is 1. The second-order valence-electron chi connectivity index (χ2n) is 4.44. The summed E-state index contributed by atoms with van der Waals surface area (Å²) in [6.45, 7) is 0.720. The summed E-state index contributed by atoms with van der Waals surface area (Å²) in [5, 5.41) is 9.09. The van der Waals surface area contributed by atoms with Crippen molar-refractivity contribution >= 4 is 11.7 Å². The third-order valence-electron chi connectivity index (χ3n) is 3.68. The van der Waals surface area contributed by atoms with Crippen LogP contribution in [0.25, 0.3) is 0 Å². The zero-order valence-electron chi connectivity index (χ0n) is 8.69. The molecule has 1 aromatic rings. The minimum absolute atomic E-state index is 0.0515. The van der Waals surface area contributed by atoms with Gasteiger partial charge >= 0.3 is 5.97 Å². The molecule has 1 saturated heterocycles. The average Bonchev–Trinajstić information content (AvgIpc) is 2.76. The van der Waals surface area contributed by atoms with Crippen molar-refractivity contribution < 1.29 is 14.3 Å². The second kappa shape index (κ2) is 3.20. The third kappa shape index (κ3) is 1.16. The molecule has 0 bridgehead atoms. The topological polar surface area (TPSA) is 40.5 Å². The van der Waals surface area contributed by atoms with Crippen LogP contribution in [0.2, 0.25) is 0 Å². The molecular formula is C12H12FNO2. The van der Waals surface area contributed by atoms with E-state index in [1.165, 1.54) is 6.07 Å². The highest BCUT2D eigenvalue weighted by atomic mass is 19.1. The molecule has 2 aliphatic heterocycles. The summed E-state index contributed by atoms with van der Waals surface area (Å²) in [6.07, 6.45) is 1.19. The fourth-order valence-corrected chi connectivity index (χ4v) is 2.92. The minimum atomic E-state index is -0.763. The van der Waals surface area contributed by atoms with Crippen LogP contribution in [0.1, 0.15) is 12.0 Å². The van der Waals surface area contributed by atoms with E-state index in [1.54, 1.807) is 6.07 Å². The summed E-state index contributed by atoms with van der Waals surface area (Å²) in [5.74, 6) is -1.33. The molecule has 0 aromatic heterocycles. The molecule has 1 fully saturated rings. The molecule has 1 N–H and O–H groups in total. The van der Waals surface area contributed by atoms with Crippen LogP contribution in [0.3, 0.4) is 0 Å². The molecule has 1 aromatic carbocycles. The highest BCUT2D eigenvalue weighted by Crippen LogP contribution is 2.41. The van der Waals surface area contributed by atoms with Crippen LogP contribution in [0.5, 0.6) is 0 Å². The number of carboxylic acid groups (broad SMARTS) is 1. The Morgan fingerprint density at radius 3 is 3.06 bits per heavy atom. The predicted octanol–water partition coefficient (Wildman–Crippen LogP) is 1.66. The normalized spacial score (nSPS) is 26.7. The highest BCUT2D eigenvalue weighted by molar-refractivity contribution is 5.75. The van der Waals surface area contributed by atoms with Gasteiger partial charge in [0.1, 0.15) is 5.82 Å². The third-order valence-corrected chi connectivity index (χ3v) is 3.68. The van der Waals surface area contributed by atoms with Crippen molar-refractivity contribution in [3.63, 3.8) is 0 Å². The molecule has 2 unspecified atom stereocenters. The van der Waals surface area contributed by atoms with Crippen LogP contribution >= 0.6 is 0 Å². The molecular weight excluding hydrogens is 209 g/mol. The lowest BCUT2D eigenvalue weighted by molar-refractivity contribution is -0.141. The van der Waals surface area contributed by atoms with E-state index in [4.69, 9.17) is 5.11 Å². The van der Waals surface area contributed by atoms with Gasteiger partial charge in [0.15, 0.2) is 0 Å². The van der Waals surface area contributed by atoms with E-state index in [0.29, 0.717) is 18.4 Å². The number of carboxylic acids is 1. The quantitative estimate of drug-likeness (QED) is 0.784. The van der Waals surface area contributed by atoms with Gasteiger partial charge in [0.05, 0.1) is 5.92 Å². The van der Waals surface area contributed by atoms with Gasteiger partial charge in [0, 0.05) is 23.8 Å². The van der Waals surface area contributed by atoms with Crippen molar-refractivity contribution in [2.45, 2.75) is 18.9 Å². The monoisotopic (exact) mass is 221 g/mol. The molecule has 0 radical (unpaired) electrons. The number of rotatable bonds is 1. The molecule has 2 heterocycles. The Kier molecular flexibility index (Phi) is 1.93. The zero-order valence-corrected chi connectivity index (χ0v) is 8.69. The molecule has 2 aliphatic rings. The Hall–Kier alpha value is -1.58. The fourth-order valence-electron chi connectivity index (χ4n) is 2.92. The SMILES string of the molecule is O=C(O)C1CCN2c3cccc(F)c3CC12. The van der Waals surface area contributed by atoms with Crippen LogP contribution in [-0.4, -0.2) is 23.7 Å². The van der Waals surface area contributed by atoms with Crippen molar-refractivity contribution in [2.75, 3.05) is 11.4 Å². The lowest BCUT2D eigenvalue weighted by Gasteiger charge is -2.20. The largest absolute Gasteiger partial charge is 0.481 e. The molecule has 0 spiro atoms. The number of carbonyl (C=O) groups is 1. The van der Waals surface area contributed by atoms with Crippen molar-refractivity contribution in [3.05, 3.63) is 29.6 Å². The first-order valence-electron chi connectivity index (χ1n) is 5.45. The van der Waals surface area contributed by atoms with Crippen LogP contribution in [-0.2, 0) is 11.2 Å². The van der Waals surface area contributed by atoms with Crippen LogP contribution < -0.4 is 4.90 Å².